The van der Waals surface area contributed by atoms with Crippen LogP contribution >= 0.6 is 12.2 Å². The predicted octanol–water partition coefficient (Wildman–Crippen LogP) is 0.105. The van der Waals surface area contributed by atoms with Gasteiger partial charge in [0.15, 0.2) is 5.11 Å². The molecule has 0 aliphatic rings. The fraction of sp³-hybridized carbons (Fsp3) is 0.200. The second-order valence-corrected chi connectivity index (χ2v) is 3.55. The van der Waals surface area contributed by atoms with Crippen molar-refractivity contribution in [2.45, 2.75) is 6.61 Å². The van der Waals surface area contributed by atoms with E-state index in [2.05, 4.69) is 33.0 Å². The summed E-state index contributed by atoms with van der Waals surface area (Å²) in [6, 6.07) is 5.26. The molecule has 7 nitrogen and oxygen atoms in total. The predicted molar refractivity (Wildman–Crippen MR) is 71.0 cm³/mol. The van der Waals surface area contributed by atoms with Gasteiger partial charge in [0.05, 0.1) is 17.6 Å². The molecule has 0 saturated carbocycles. The molecular formula is C10H13N5O2S. The highest BCUT2D eigenvalue weighted by atomic mass is 32.1. The number of aromatic nitrogens is 1. The van der Waals surface area contributed by atoms with Crippen LogP contribution in [0.25, 0.3) is 0 Å². The van der Waals surface area contributed by atoms with Gasteiger partial charge in [-0.05, 0) is 24.4 Å². The number of hydrazone groups is 1. The Morgan fingerprint density at radius 2 is 2.44 bits per heavy atom. The number of thiocarbonyl (C=S) groups is 1. The lowest BCUT2D eigenvalue weighted by Gasteiger charge is -2.03. The molecule has 8 heteroatoms. The van der Waals surface area contributed by atoms with Gasteiger partial charge in [-0.3, -0.25) is 5.43 Å². The van der Waals surface area contributed by atoms with Gasteiger partial charge in [0.25, 0.3) is 0 Å². The summed E-state index contributed by atoms with van der Waals surface area (Å²) >= 11 is 4.59. The average molecular weight is 267 g/mol. The number of carbonyl (C=O) groups is 1. The minimum Gasteiger partial charge on any atom is -0.443 e. The molecule has 1 heterocycles. The van der Waals surface area contributed by atoms with Crippen LogP contribution in [0, 0.1) is 0 Å². The van der Waals surface area contributed by atoms with Gasteiger partial charge in [-0.25, -0.2) is 9.78 Å². The molecule has 0 aliphatic carbocycles. The molecule has 1 rings (SSSR count). The van der Waals surface area contributed by atoms with Crippen LogP contribution in [0.15, 0.2) is 23.3 Å². The summed E-state index contributed by atoms with van der Waals surface area (Å²) in [4.78, 5) is 15.1. The van der Waals surface area contributed by atoms with Crippen LogP contribution in [-0.4, -0.2) is 29.5 Å². The molecule has 18 heavy (non-hydrogen) atoms. The van der Waals surface area contributed by atoms with E-state index in [9.17, 15) is 4.79 Å². The van der Waals surface area contributed by atoms with Gasteiger partial charge in [0.1, 0.15) is 6.61 Å². The zero-order valence-electron chi connectivity index (χ0n) is 9.71. The summed E-state index contributed by atoms with van der Waals surface area (Å²) in [7, 11) is 1.49. The van der Waals surface area contributed by atoms with Crippen LogP contribution in [0.5, 0.6) is 0 Å². The van der Waals surface area contributed by atoms with Crippen molar-refractivity contribution < 1.29 is 9.53 Å². The van der Waals surface area contributed by atoms with Crippen molar-refractivity contribution in [2.75, 3.05) is 7.05 Å². The first-order valence-electron chi connectivity index (χ1n) is 5.00. The summed E-state index contributed by atoms with van der Waals surface area (Å²) in [5.74, 6) is 0. The Hall–Kier alpha value is -2.22. The smallest absolute Gasteiger partial charge is 0.407 e. The number of rotatable bonds is 4. The van der Waals surface area contributed by atoms with E-state index in [1.165, 1.54) is 13.3 Å². The van der Waals surface area contributed by atoms with Crippen molar-refractivity contribution in [3.05, 3.63) is 29.6 Å². The van der Waals surface area contributed by atoms with E-state index < -0.39 is 6.09 Å². The van der Waals surface area contributed by atoms with Crippen molar-refractivity contribution in [3.8, 4) is 0 Å². The highest BCUT2D eigenvalue weighted by Crippen LogP contribution is 1.99. The third-order valence-electron chi connectivity index (χ3n) is 1.76. The van der Waals surface area contributed by atoms with E-state index in [-0.39, 0.29) is 11.7 Å². The van der Waals surface area contributed by atoms with E-state index in [0.717, 1.165) is 0 Å². The van der Waals surface area contributed by atoms with Crippen molar-refractivity contribution >= 4 is 29.6 Å². The Labute approximate surface area is 109 Å². The number of nitrogens with two attached hydrogens (primary N) is 1. The summed E-state index contributed by atoms with van der Waals surface area (Å²) in [5.41, 5.74) is 8.82. The van der Waals surface area contributed by atoms with Gasteiger partial charge in [-0.1, -0.05) is 6.07 Å². The van der Waals surface area contributed by atoms with E-state index in [1.807, 2.05) is 0 Å². The van der Waals surface area contributed by atoms with Crippen LogP contribution in [-0.2, 0) is 11.3 Å². The number of carbonyl (C=O) groups excluding carboxylic acids is 1. The monoisotopic (exact) mass is 267 g/mol. The number of nitrogens with one attached hydrogen (secondary N) is 2. The molecule has 4 N–H and O–H groups in total. The van der Waals surface area contributed by atoms with Gasteiger partial charge in [-0.15, -0.1) is 0 Å². The molecular weight excluding hydrogens is 254 g/mol. The summed E-state index contributed by atoms with van der Waals surface area (Å²) in [6.07, 6.45) is 0.953. The zero-order valence-corrected chi connectivity index (χ0v) is 10.5. The molecule has 1 amide bonds. The maximum Gasteiger partial charge on any atom is 0.407 e. The number of nitrogens with zero attached hydrogens (tertiary/aromatic N) is 2. The van der Waals surface area contributed by atoms with Crippen molar-refractivity contribution in [1.29, 1.82) is 0 Å². The number of hydrogen-bond donors (Lipinski definition) is 3. The van der Waals surface area contributed by atoms with Crippen LogP contribution in [0.4, 0.5) is 4.79 Å². The number of pyridine rings is 1. The van der Waals surface area contributed by atoms with Crippen molar-refractivity contribution in [3.63, 3.8) is 0 Å². The second kappa shape index (κ2) is 7.17. The van der Waals surface area contributed by atoms with Crippen LogP contribution in [0.3, 0.4) is 0 Å². The molecule has 0 spiro atoms. The van der Waals surface area contributed by atoms with E-state index in [1.54, 1.807) is 18.2 Å². The van der Waals surface area contributed by atoms with Gasteiger partial charge >= 0.3 is 6.09 Å². The van der Waals surface area contributed by atoms with Crippen LogP contribution in [0.2, 0.25) is 0 Å². The Bertz CT molecular complexity index is 463. The fourth-order valence-corrected chi connectivity index (χ4v) is 1.08. The Morgan fingerprint density at radius 3 is 3.11 bits per heavy atom. The Balaban J connectivity index is 2.59. The maximum atomic E-state index is 10.9. The molecule has 1 aromatic rings. The highest BCUT2D eigenvalue weighted by Gasteiger charge is 2.00. The third kappa shape index (κ3) is 5.21. The maximum absolute atomic E-state index is 10.9. The molecule has 1 aromatic heterocycles. The van der Waals surface area contributed by atoms with Gasteiger partial charge in [0.2, 0.25) is 0 Å². The lowest BCUT2D eigenvalue weighted by atomic mass is 10.3. The first-order valence-corrected chi connectivity index (χ1v) is 5.41. The Kier molecular flexibility index (Phi) is 5.52. The first kappa shape index (κ1) is 13.8. The summed E-state index contributed by atoms with van der Waals surface area (Å²) in [5, 5.41) is 6.19. The molecule has 0 saturated heterocycles. The topological polar surface area (TPSA) is 102 Å². The van der Waals surface area contributed by atoms with Gasteiger partial charge in [-0.2, -0.15) is 5.10 Å². The quantitative estimate of drug-likeness (QED) is 0.406. The number of ether oxygens (including phenoxy) is 1. The standard InChI is InChI=1S/C10H13N5O2S/c1-12-10(16)17-6-8-4-2-3-7(14-8)5-13-15-9(11)18/h2-5H,6H2,1H3,(H,12,16)(H3,11,15,18). The minimum atomic E-state index is -0.508. The second-order valence-electron chi connectivity index (χ2n) is 3.11. The molecule has 0 unspecified atom stereocenters. The van der Waals surface area contributed by atoms with Gasteiger partial charge < -0.3 is 15.8 Å². The van der Waals surface area contributed by atoms with Crippen molar-refractivity contribution in [1.82, 2.24) is 15.7 Å². The molecule has 96 valence electrons. The van der Waals surface area contributed by atoms with Crippen LogP contribution in [0.1, 0.15) is 11.4 Å². The summed E-state index contributed by atoms with van der Waals surface area (Å²) in [6.45, 7) is 0.0874. The number of amides is 1. The normalized spacial score (nSPS) is 10.1. The molecule has 0 radical (unpaired) electrons. The molecule has 0 fully saturated rings. The number of hydrogen-bond acceptors (Lipinski definition) is 5. The zero-order chi connectivity index (χ0) is 13.4. The number of alkyl carbamates (subject to hydrolysis) is 1. The third-order valence-corrected chi connectivity index (χ3v) is 1.85. The lowest BCUT2D eigenvalue weighted by Crippen LogP contribution is -2.24. The molecule has 0 aliphatic heterocycles. The SMILES string of the molecule is CNC(=O)OCc1cccc(C=NNC(N)=S)n1. The molecule has 0 atom stereocenters. The average Bonchev–Trinajstić information content (AvgIpc) is 2.36. The van der Waals surface area contributed by atoms with Crippen LogP contribution < -0.4 is 16.5 Å². The Morgan fingerprint density at radius 1 is 1.67 bits per heavy atom. The molecule has 0 aromatic carbocycles. The van der Waals surface area contributed by atoms with E-state index >= 15 is 0 Å². The van der Waals surface area contributed by atoms with Gasteiger partial charge in [0, 0.05) is 7.05 Å². The van der Waals surface area contributed by atoms with E-state index in [0.29, 0.717) is 11.4 Å². The highest BCUT2D eigenvalue weighted by molar-refractivity contribution is 7.80. The van der Waals surface area contributed by atoms with E-state index in [4.69, 9.17) is 10.5 Å². The molecule has 0 bridgehead atoms. The first-order chi connectivity index (χ1) is 8.61. The lowest BCUT2D eigenvalue weighted by molar-refractivity contribution is 0.140. The fourth-order valence-electron chi connectivity index (χ4n) is 1.02. The summed E-state index contributed by atoms with van der Waals surface area (Å²) < 4.78 is 4.86. The minimum absolute atomic E-state index is 0.0744. The van der Waals surface area contributed by atoms with Crippen molar-refractivity contribution in [2.24, 2.45) is 10.8 Å². The largest absolute Gasteiger partial charge is 0.443 e.